The molecule has 3 aromatic carbocycles. The van der Waals surface area contributed by atoms with Crippen LogP contribution in [0.1, 0.15) is 28.8 Å². The molecule has 0 atom stereocenters. The second kappa shape index (κ2) is 10.9. The van der Waals surface area contributed by atoms with Gasteiger partial charge in [0.05, 0.1) is 21.8 Å². The van der Waals surface area contributed by atoms with Gasteiger partial charge in [-0.3, -0.25) is 9.78 Å². The summed E-state index contributed by atoms with van der Waals surface area (Å²) in [6.45, 7) is 5.18. The van der Waals surface area contributed by atoms with E-state index in [1.807, 2.05) is 30.3 Å². The van der Waals surface area contributed by atoms with Crippen LogP contribution in [0.25, 0.3) is 22.0 Å². The van der Waals surface area contributed by atoms with Crippen LogP contribution in [0.3, 0.4) is 0 Å². The molecule has 8 heteroatoms. The third-order valence-corrected chi connectivity index (χ3v) is 7.84. The Morgan fingerprint density at radius 1 is 1.10 bits per heavy atom. The van der Waals surface area contributed by atoms with E-state index in [4.69, 9.17) is 11.6 Å². The molecule has 0 amide bonds. The predicted octanol–water partition coefficient (Wildman–Crippen LogP) is 6.18. The molecule has 1 saturated carbocycles. The normalized spacial score (nSPS) is 15.9. The number of aromatic nitrogens is 1. The van der Waals surface area contributed by atoms with Gasteiger partial charge in [0.2, 0.25) is 0 Å². The van der Waals surface area contributed by atoms with Gasteiger partial charge in [0, 0.05) is 55.9 Å². The topological polar surface area (TPSA) is 77.5 Å². The smallest absolute Gasteiger partial charge is 0.170 e. The van der Waals surface area contributed by atoms with Crippen LogP contribution < -0.4 is 10.6 Å². The lowest BCUT2D eigenvalue weighted by Gasteiger charge is -2.27. The number of phenolic OH excluding ortho intramolecular Hbond substituents is 1. The van der Waals surface area contributed by atoms with Gasteiger partial charge in [0.15, 0.2) is 17.3 Å². The molecule has 0 spiro atoms. The highest BCUT2D eigenvalue weighted by Crippen LogP contribution is 2.39. The monoisotopic (exact) mass is 544 g/mol. The van der Waals surface area contributed by atoms with Crippen LogP contribution in [-0.4, -0.2) is 53.5 Å². The molecule has 200 valence electrons. The Hall–Kier alpha value is -3.52. The Bertz CT molecular complexity index is 1530. The zero-order valence-corrected chi connectivity index (χ0v) is 22.3. The average Bonchev–Trinajstić information content (AvgIpc) is 3.81. The van der Waals surface area contributed by atoms with Crippen molar-refractivity contribution in [2.75, 3.05) is 38.0 Å². The van der Waals surface area contributed by atoms with E-state index in [0.717, 1.165) is 63.1 Å². The van der Waals surface area contributed by atoms with E-state index >= 15 is 0 Å². The molecule has 3 N–H and O–H groups in total. The number of fused-ring (bicyclic) bond motifs is 1. The molecule has 1 aliphatic heterocycles. The lowest BCUT2D eigenvalue weighted by molar-refractivity contribution is 0.0968. The molecular weight excluding hydrogens is 515 g/mol. The highest BCUT2D eigenvalue weighted by Gasteiger charge is 2.32. The Morgan fingerprint density at radius 2 is 1.92 bits per heavy atom. The van der Waals surface area contributed by atoms with E-state index in [2.05, 4.69) is 32.7 Å². The number of nitrogens with one attached hydrogen (secondary N) is 2. The molecule has 0 radical (unpaired) electrons. The number of halogens is 2. The zero-order valence-electron chi connectivity index (χ0n) is 21.5. The number of benzene rings is 3. The van der Waals surface area contributed by atoms with Gasteiger partial charge in [0.1, 0.15) is 0 Å². The van der Waals surface area contributed by atoms with Gasteiger partial charge in [-0.2, -0.15) is 0 Å². The fraction of sp³-hybridized carbons (Fsp3) is 0.290. The molecule has 2 heterocycles. The van der Waals surface area contributed by atoms with Gasteiger partial charge in [-0.1, -0.05) is 29.8 Å². The van der Waals surface area contributed by atoms with E-state index in [0.29, 0.717) is 27.9 Å². The summed E-state index contributed by atoms with van der Waals surface area (Å²) in [6, 6.07) is 16.7. The summed E-state index contributed by atoms with van der Waals surface area (Å²) in [4.78, 5) is 20.4. The quantitative estimate of drug-likeness (QED) is 0.230. The lowest BCUT2D eigenvalue weighted by atomic mass is 9.98. The number of aromatic hydroxyl groups is 1. The van der Waals surface area contributed by atoms with Crippen molar-refractivity contribution in [2.45, 2.75) is 19.3 Å². The van der Waals surface area contributed by atoms with Crippen molar-refractivity contribution in [2.24, 2.45) is 5.92 Å². The van der Waals surface area contributed by atoms with Gasteiger partial charge < -0.3 is 20.6 Å². The summed E-state index contributed by atoms with van der Waals surface area (Å²) in [5, 5.41) is 17.4. The predicted molar refractivity (Wildman–Crippen MR) is 154 cm³/mol. The number of pyridine rings is 1. The third kappa shape index (κ3) is 5.62. The molecular formula is C31H30ClFN4O2. The number of hydrogen-bond acceptors (Lipinski definition) is 6. The van der Waals surface area contributed by atoms with Gasteiger partial charge >= 0.3 is 0 Å². The minimum Gasteiger partial charge on any atom is -0.504 e. The van der Waals surface area contributed by atoms with Crippen molar-refractivity contribution in [1.29, 1.82) is 0 Å². The second-order valence-corrected chi connectivity index (χ2v) is 10.8. The number of Topliss-reactive ketones (excluding diaryl/α,β-unsaturated/α-hetero) is 1. The van der Waals surface area contributed by atoms with Crippen LogP contribution in [0.4, 0.5) is 15.8 Å². The van der Waals surface area contributed by atoms with Crippen molar-refractivity contribution < 1.29 is 14.3 Å². The highest BCUT2D eigenvalue weighted by molar-refractivity contribution is 6.32. The van der Waals surface area contributed by atoms with Gasteiger partial charge in [-0.05, 0) is 72.4 Å². The maximum Gasteiger partial charge on any atom is 0.170 e. The van der Waals surface area contributed by atoms with Gasteiger partial charge in [-0.15, -0.1) is 0 Å². The number of phenols is 1. The number of hydrogen-bond donors (Lipinski definition) is 3. The van der Waals surface area contributed by atoms with E-state index in [1.165, 1.54) is 17.7 Å². The number of carbonyl (C=O) groups is 1. The Kier molecular flexibility index (Phi) is 7.21. The molecule has 0 unspecified atom stereocenters. The number of anilines is 2. The molecule has 0 bridgehead atoms. The minimum atomic E-state index is -0.788. The molecule has 6 rings (SSSR count). The molecule has 4 aromatic rings. The van der Waals surface area contributed by atoms with Crippen molar-refractivity contribution in [1.82, 2.24) is 15.2 Å². The van der Waals surface area contributed by atoms with E-state index < -0.39 is 11.6 Å². The fourth-order valence-corrected chi connectivity index (χ4v) is 5.37. The van der Waals surface area contributed by atoms with Gasteiger partial charge in [-0.25, -0.2) is 4.39 Å². The standard InChI is InChI=1S/C31H30ClFN4O2/c32-26-16-22(17-27(33)31(26)39)21-6-7-28-24(15-21)29(25(18-35-28)30(38)20-4-5-20)36-23-3-1-2-19(14-23)8-11-37-12-9-34-10-13-37/h1-3,6-7,14-18,20,34,39H,4-5,8-13H2,(H,35,36). The Balaban J connectivity index is 1.37. The maximum absolute atomic E-state index is 14.3. The number of nitrogens with zero attached hydrogens (tertiary/aromatic N) is 2. The fourth-order valence-electron chi connectivity index (χ4n) is 5.16. The van der Waals surface area contributed by atoms with Crippen LogP contribution >= 0.6 is 11.6 Å². The molecule has 39 heavy (non-hydrogen) atoms. The van der Waals surface area contributed by atoms with Crippen LogP contribution in [0, 0.1) is 11.7 Å². The van der Waals surface area contributed by atoms with Crippen molar-refractivity contribution in [3.8, 4) is 16.9 Å². The summed E-state index contributed by atoms with van der Waals surface area (Å²) in [5.74, 6) is -1.24. The summed E-state index contributed by atoms with van der Waals surface area (Å²) in [7, 11) is 0. The minimum absolute atomic E-state index is 0.0309. The first-order valence-corrected chi connectivity index (χ1v) is 13.8. The van der Waals surface area contributed by atoms with Crippen LogP contribution in [0.15, 0.2) is 60.8 Å². The number of rotatable bonds is 8. The summed E-state index contributed by atoms with van der Waals surface area (Å²) >= 11 is 6.06. The SMILES string of the molecule is O=C(c1cnc2ccc(-c3cc(F)c(O)c(Cl)c3)cc2c1Nc1cccc(CCN2CCNCC2)c1)C1CC1. The third-order valence-electron chi connectivity index (χ3n) is 7.55. The number of carbonyl (C=O) groups excluding carboxylic acids is 1. The van der Waals surface area contributed by atoms with Crippen molar-refractivity contribution in [3.63, 3.8) is 0 Å². The Morgan fingerprint density at radius 3 is 2.69 bits per heavy atom. The number of piperazine rings is 1. The summed E-state index contributed by atoms with van der Waals surface area (Å²) in [5.41, 5.74) is 5.32. The molecule has 1 saturated heterocycles. The molecule has 1 aromatic heterocycles. The Labute approximate surface area is 231 Å². The average molecular weight is 545 g/mol. The van der Waals surface area contributed by atoms with E-state index in [-0.39, 0.29) is 16.7 Å². The first kappa shape index (κ1) is 25.7. The molecule has 6 nitrogen and oxygen atoms in total. The van der Waals surface area contributed by atoms with Crippen molar-refractivity contribution >= 4 is 39.7 Å². The van der Waals surface area contributed by atoms with Crippen LogP contribution in [-0.2, 0) is 6.42 Å². The summed E-state index contributed by atoms with van der Waals surface area (Å²) in [6.07, 6.45) is 4.39. The van der Waals surface area contributed by atoms with E-state index in [9.17, 15) is 14.3 Å². The first-order valence-electron chi connectivity index (χ1n) is 13.4. The second-order valence-electron chi connectivity index (χ2n) is 10.4. The van der Waals surface area contributed by atoms with E-state index in [1.54, 1.807) is 6.20 Å². The molecule has 2 fully saturated rings. The first-order chi connectivity index (χ1) is 19.0. The van der Waals surface area contributed by atoms with Crippen LogP contribution in [0.2, 0.25) is 5.02 Å². The van der Waals surface area contributed by atoms with Gasteiger partial charge in [0.25, 0.3) is 0 Å². The lowest BCUT2D eigenvalue weighted by Crippen LogP contribution is -2.44. The highest BCUT2D eigenvalue weighted by atomic mass is 35.5. The van der Waals surface area contributed by atoms with Crippen LogP contribution in [0.5, 0.6) is 5.75 Å². The largest absolute Gasteiger partial charge is 0.504 e. The summed E-state index contributed by atoms with van der Waals surface area (Å²) < 4.78 is 14.3. The zero-order chi connectivity index (χ0) is 26.9. The molecule has 1 aliphatic carbocycles. The van der Waals surface area contributed by atoms with Crippen molar-refractivity contribution in [3.05, 3.63) is 82.8 Å². The number of ketones is 1. The molecule has 2 aliphatic rings. The maximum atomic E-state index is 14.3.